The third-order valence-electron chi connectivity index (χ3n) is 10.6. The van der Waals surface area contributed by atoms with Crippen molar-refractivity contribution in [1.82, 2.24) is 36.9 Å². The van der Waals surface area contributed by atoms with Crippen LogP contribution in [-0.2, 0) is 51.2 Å². The molecule has 0 saturated carbocycles. The number of nitrogens with two attached hydrogens (primary N) is 2. The van der Waals surface area contributed by atoms with Crippen LogP contribution in [0, 0.1) is 11.8 Å². The van der Waals surface area contributed by atoms with Crippen molar-refractivity contribution in [3.05, 3.63) is 65.9 Å². The number of nitrogens with one attached hydrogen (secondary N) is 7. The van der Waals surface area contributed by atoms with Gasteiger partial charge in [0.25, 0.3) is 0 Å². The van der Waals surface area contributed by atoms with Gasteiger partial charge >= 0.3 is 5.97 Å². The average Bonchev–Trinajstić information content (AvgIpc) is 3.66. The number of hydrogen-bond acceptors (Lipinski definition) is 11. The quantitative estimate of drug-likeness (QED) is 0.0486. The second-order valence-electron chi connectivity index (χ2n) is 15.2. The Balaban J connectivity index is 2.03. The summed E-state index contributed by atoms with van der Waals surface area (Å²) in [6, 6.07) is 4.75. The molecule has 2 aromatic carbocycles. The van der Waals surface area contributed by atoms with Crippen LogP contribution in [0.5, 0.6) is 5.75 Å². The molecule has 7 amide bonds. The van der Waals surface area contributed by atoms with Crippen LogP contribution in [0.2, 0.25) is 0 Å². The Labute approximate surface area is 358 Å². The van der Waals surface area contributed by atoms with Gasteiger partial charge in [-0.15, -0.1) is 0 Å². The lowest BCUT2D eigenvalue weighted by atomic mass is 9.96. The van der Waals surface area contributed by atoms with E-state index in [1.807, 2.05) is 18.2 Å². The standard InChI is InChI=1S/C42H59N9O11/c1-5-22(3)35(50-37(56)29(15-16-33(44)54)46-34(55)19-43)40(59)48-31(18-25-20-45-28-10-8-7-9-27(25)28)38(57)47-30(17-24-11-13-26(53)14-12-24)39(58)51-36(23(4)6-2)41(60)49-32(21-52)42(61)62/h7-14,20,22-23,29-32,35-36,45,52-53H,5-6,15-19,21,43H2,1-4H3,(H2,44,54)(H,46,55)(H,47,57)(H,48,59)(H,49,60)(H,50,56)(H,51,58)(H,61,62)/t22-,23-,29-,30-,31-,32-,35-,36-/m0/s1. The number of primary amides is 1. The Kier molecular flexibility index (Phi) is 19.3. The molecular weight excluding hydrogens is 807 g/mol. The fraction of sp³-hybridized carbons (Fsp3) is 0.476. The van der Waals surface area contributed by atoms with Gasteiger partial charge in [0.1, 0.15) is 42.0 Å². The molecule has 0 aliphatic carbocycles. The summed E-state index contributed by atoms with van der Waals surface area (Å²) in [4.78, 5) is 108. The summed E-state index contributed by atoms with van der Waals surface area (Å²) in [7, 11) is 0. The minimum absolute atomic E-state index is 0.0606. The Bertz CT molecular complexity index is 2040. The van der Waals surface area contributed by atoms with E-state index in [1.165, 1.54) is 24.3 Å². The number of para-hydroxylation sites is 1. The highest BCUT2D eigenvalue weighted by molar-refractivity contribution is 5.97. The van der Waals surface area contributed by atoms with E-state index in [9.17, 15) is 53.7 Å². The molecular formula is C42H59N9O11. The number of aliphatic hydroxyl groups is 1. The predicted molar refractivity (Wildman–Crippen MR) is 227 cm³/mol. The number of benzene rings is 2. The zero-order valence-electron chi connectivity index (χ0n) is 35.2. The monoisotopic (exact) mass is 865 g/mol. The van der Waals surface area contributed by atoms with Crippen molar-refractivity contribution >= 4 is 58.2 Å². The average molecular weight is 866 g/mol. The molecule has 0 bridgehead atoms. The maximum absolute atomic E-state index is 14.5. The van der Waals surface area contributed by atoms with Crippen molar-refractivity contribution in [2.24, 2.45) is 23.3 Å². The number of amides is 7. The molecule has 14 N–H and O–H groups in total. The highest BCUT2D eigenvalue weighted by atomic mass is 16.4. The first-order chi connectivity index (χ1) is 29.4. The van der Waals surface area contributed by atoms with Crippen LogP contribution < -0.4 is 43.4 Å². The number of hydrogen-bond donors (Lipinski definition) is 12. The predicted octanol–water partition coefficient (Wildman–Crippen LogP) is -1.04. The number of carbonyl (C=O) groups is 8. The van der Waals surface area contributed by atoms with Crippen molar-refractivity contribution in [3.63, 3.8) is 0 Å². The molecule has 62 heavy (non-hydrogen) atoms. The van der Waals surface area contributed by atoms with E-state index in [1.54, 1.807) is 40.0 Å². The Morgan fingerprint density at radius 1 is 0.677 bits per heavy atom. The number of aliphatic hydroxyl groups excluding tert-OH is 1. The smallest absolute Gasteiger partial charge is 0.328 e. The third-order valence-corrected chi connectivity index (χ3v) is 10.6. The molecule has 20 nitrogen and oxygen atoms in total. The van der Waals surface area contributed by atoms with E-state index < -0.39 is 109 Å². The summed E-state index contributed by atoms with van der Waals surface area (Å²) in [6.07, 6.45) is 1.69. The number of carboxylic acids is 1. The van der Waals surface area contributed by atoms with E-state index >= 15 is 0 Å². The summed E-state index contributed by atoms with van der Waals surface area (Å²) in [6.45, 7) is 5.51. The molecule has 3 rings (SSSR count). The van der Waals surface area contributed by atoms with Crippen LogP contribution in [0.15, 0.2) is 54.7 Å². The molecule has 20 heteroatoms. The summed E-state index contributed by atoms with van der Waals surface area (Å²) < 4.78 is 0. The van der Waals surface area contributed by atoms with Gasteiger partial charge in [-0.3, -0.25) is 33.6 Å². The second-order valence-corrected chi connectivity index (χ2v) is 15.2. The second kappa shape index (κ2) is 24.0. The van der Waals surface area contributed by atoms with Crippen molar-refractivity contribution in [2.75, 3.05) is 13.2 Å². The molecule has 3 aromatic rings. The van der Waals surface area contributed by atoms with Crippen LogP contribution in [0.4, 0.5) is 0 Å². The van der Waals surface area contributed by atoms with Crippen LogP contribution in [0.25, 0.3) is 10.9 Å². The first-order valence-corrected chi connectivity index (χ1v) is 20.4. The van der Waals surface area contributed by atoms with Crippen LogP contribution in [0.3, 0.4) is 0 Å². The van der Waals surface area contributed by atoms with Gasteiger partial charge in [0.15, 0.2) is 0 Å². The number of phenols is 1. The van der Waals surface area contributed by atoms with E-state index in [4.69, 9.17) is 11.5 Å². The molecule has 0 fully saturated rings. The fourth-order valence-corrected chi connectivity index (χ4v) is 6.51. The molecule has 1 heterocycles. The van der Waals surface area contributed by atoms with Gasteiger partial charge < -0.3 is 63.7 Å². The summed E-state index contributed by atoms with van der Waals surface area (Å²) in [5.41, 5.74) is 12.6. The Morgan fingerprint density at radius 2 is 1.19 bits per heavy atom. The maximum atomic E-state index is 14.5. The highest BCUT2D eigenvalue weighted by Gasteiger charge is 2.36. The normalized spacial score (nSPS) is 15.0. The number of fused-ring (bicyclic) bond motifs is 1. The van der Waals surface area contributed by atoms with Crippen LogP contribution in [-0.4, -0.2) is 117 Å². The number of H-pyrrole nitrogens is 1. The Hall–Kier alpha value is -6.54. The number of aromatic nitrogens is 1. The molecule has 1 aromatic heterocycles. The zero-order valence-corrected chi connectivity index (χ0v) is 35.2. The number of aromatic amines is 1. The first kappa shape index (κ1) is 49.8. The van der Waals surface area contributed by atoms with Crippen molar-refractivity contribution in [1.29, 1.82) is 0 Å². The van der Waals surface area contributed by atoms with E-state index in [2.05, 4.69) is 36.9 Å². The SMILES string of the molecule is CC[C@H](C)[C@H](NC(=O)[C@H](Cc1ccc(O)cc1)NC(=O)[C@H](Cc1c[nH]c2ccccc12)NC(=O)[C@@H](NC(=O)[C@H](CCC(N)=O)NC(=O)CN)[C@@H](C)CC)C(=O)N[C@@H](CO)C(=O)O. The number of aliphatic carboxylic acids is 1. The van der Waals surface area contributed by atoms with Gasteiger partial charge in [0.2, 0.25) is 41.4 Å². The van der Waals surface area contributed by atoms with Crippen LogP contribution in [0.1, 0.15) is 64.5 Å². The lowest BCUT2D eigenvalue weighted by molar-refractivity contribution is -0.143. The minimum Gasteiger partial charge on any atom is -0.508 e. The topological polar surface area (TPSA) is 337 Å². The van der Waals surface area contributed by atoms with Gasteiger partial charge in [-0.1, -0.05) is 70.9 Å². The lowest BCUT2D eigenvalue weighted by Gasteiger charge is -2.30. The van der Waals surface area contributed by atoms with Gasteiger partial charge in [0, 0.05) is 36.4 Å². The largest absolute Gasteiger partial charge is 0.508 e. The molecule has 0 saturated heterocycles. The van der Waals surface area contributed by atoms with Gasteiger partial charge in [-0.25, -0.2) is 4.79 Å². The first-order valence-electron chi connectivity index (χ1n) is 20.4. The van der Waals surface area contributed by atoms with Crippen molar-refractivity contribution in [2.45, 2.75) is 102 Å². The van der Waals surface area contributed by atoms with E-state index in [-0.39, 0.29) is 31.4 Å². The molecule has 8 atom stereocenters. The molecule has 0 spiro atoms. The molecule has 0 aliphatic heterocycles. The summed E-state index contributed by atoms with van der Waals surface area (Å²) >= 11 is 0. The van der Waals surface area contributed by atoms with Crippen molar-refractivity contribution in [3.8, 4) is 5.75 Å². The van der Waals surface area contributed by atoms with Crippen molar-refractivity contribution < 1.29 is 53.7 Å². The number of carbonyl (C=O) groups excluding carboxylic acids is 7. The number of rotatable bonds is 25. The highest BCUT2D eigenvalue weighted by Crippen LogP contribution is 2.20. The van der Waals surface area contributed by atoms with E-state index in [0.29, 0.717) is 24.0 Å². The molecule has 338 valence electrons. The van der Waals surface area contributed by atoms with E-state index in [0.717, 1.165) is 10.9 Å². The Morgan fingerprint density at radius 3 is 1.73 bits per heavy atom. The minimum atomic E-state index is -1.65. The zero-order chi connectivity index (χ0) is 46.1. The number of phenolic OH excluding ortho intramolecular Hbond substituents is 1. The summed E-state index contributed by atoms with van der Waals surface area (Å²) in [5, 5.41) is 45.0. The molecule has 0 unspecified atom stereocenters. The molecule has 0 aliphatic rings. The van der Waals surface area contributed by atoms with Gasteiger partial charge in [-0.2, -0.15) is 0 Å². The third kappa shape index (κ3) is 14.6. The summed E-state index contributed by atoms with van der Waals surface area (Å²) in [5.74, 6) is -8.18. The van der Waals surface area contributed by atoms with Crippen LogP contribution >= 0.6 is 0 Å². The number of aromatic hydroxyl groups is 1. The molecule has 0 radical (unpaired) electrons. The lowest BCUT2D eigenvalue weighted by Crippen LogP contribution is -2.61. The fourth-order valence-electron chi connectivity index (χ4n) is 6.51. The van der Waals surface area contributed by atoms with Gasteiger partial charge in [-0.05, 0) is 47.6 Å². The van der Waals surface area contributed by atoms with Gasteiger partial charge in [0.05, 0.1) is 13.2 Å². The number of carboxylic acid groups (broad SMARTS) is 1. The maximum Gasteiger partial charge on any atom is 0.328 e.